The van der Waals surface area contributed by atoms with Crippen molar-refractivity contribution < 1.29 is 4.79 Å². The zero-order valence-electron chi connectivity index (χ0n) is 10.0. The van der Waals surface area contributed by atoms with Gasteiger partial charge in [0.05, 0.1) is 5.69 Å². The third kappa shape index (κ3) is 2.45. The van der Waals surface area contributed by atoms with Crippen molar-refractivity contribution in [1.29, 1.82) is 0 Å². The Morgan fingerprint density at radius 3 is 3.06 bits per heavy atom. The Morgan fingerprint density at radius 1 is 1.65 bits per heavy atom. The van der Waals surface area contributed by atoms with Crippen LogP contribution in [-0.2, 0) is 0 Å². The van der Waals surface area contributed by atoms with Crippen LogP contribution in [0.1, 0.15) is 48.0 Å². The molecule has 1 unspecified atom stereocenters. The second-order valence-electron chi connectivity index (χ2n) is 4.59. The van der Waals surface area contributed by atoms with E-state index in [0.29, 0.717) is 10.8 Å². The predicted molar refractivity (Wildman–Crippen MR) is 68.8 cm³/mol. The molecule has 2 heterocycles. The lowest BCUT2D eigenvalue weighted by molar-refractivity contribution is 0.0752. The van der Waals surface area contributed by atoms with Gasteiger partial charge in [-0.15, -0.1) is 16.7 Å². The largest absolute Gasteiger partial charge is 0.334 e. The summed E-state index contributed by atoms with van der Waals surface area (Å²) in [5.74, 6) is 0.784. The molecule has 1 aliphatic rings. The maximum Gasteiger partial charge on any atom is 0.267 e. The van der Waals surface area contributed by atoms with E-state index in [9.17, 15) is 4.79 Å². The summed E-state index contributed by atoms with van der Waals surface area (Å²) in [5, 5.41) is 4.05. The molecule has 1 aromatic heterocycles. The number of carbonyl (C=O) groups is 1. The summed E-state index contributed by atoms with van der Waals surface area (Å²) in [6, 6.07) is 0.172. The van der Waals surface area contributed by atoms with Gasteiger partial charge in [-0.3, -0.25) is 4.79 Å². The van der Waals surface area contributed by atoms with Gasteiger partial charge in [-0.2, -0.15) is 0 Å². The van der Waals surface area contributed by atoms with Crippen molar-refractivity contribution in [2.45, 2.75) is 38.6 Å². The highest BCUT2D eigenvalue weighted by Crippen LogP contribution is 2.26. The average Bonchev–Trinajstić information content (AvgIpc) is 2.96. The minimum Gasteiger partial charge on any atom is -0.334 e. The smallest absolute Gasteiger partial charge is 0.267 e. The van der Waals surface area contributed by atoms with Gasteiger partial charge in [0, 0.05) is 18.5 Å². The van der Waals surface area contributed by atoms with E-state index in [0.717, 1.165) is 25.1 Å². The van der Waals surface area contributed by atoms with Crippen molar-refractivity contribution in [2.24, 2.45) is 0 Å². The first kappa shape index (κ1) is 12.8. The quantitative estimate of drug-likeness (QED) is 0.795. The number of hydrogen-bond acceptors (Lipinski definition) is 4. The van der Waals surface area contributed by atoms with Crippen LogP contribution in [0.2, 0.25) is 0 Å². The topological polar surface area (TPSA) is 46.1 Å². The lowest BCUT2D eigenvalue weighted by Gasteiger charge is -2.22. The average molecular weight is 274 g/mol. The number of amides is 1. The van der Waals surface area contributed by atoms with E-state index in [-0.39, 0.29) is 17.9 Å². The molecular weight excluding hydrogens is 258 g/mol. The summed E-state index contributed by atoms with van der Waals surface area (Å²) in [4.78, 5) is 14.9. The van der Waals surface area contributed by atoms with Gasteiger partial charge in [-0.1, -0.05) is 18.3 Å². The van der Waals surface area contributed by atoms with E-state index >= 15 is 0 Å². The number of rotatable bonds is 3. The Kier molecular flexibility index (Phi) is 3.99. The van der Waals surface area contributed by atoms with Gasteiger partial charge in [-0.25, -0.2) is 0 Å². The Morgan fingerprint density at radius 2 is 2.41 bits per heavy atom. The number of likely N-dealkylation sites (tertiary alicyclic amines) is 1. The Bertz CT molecular complexity index is 407. The van der Waals surface area contributed by atoms with Crippen molar-refractivity contribution in [2.75, 3.05) is 12.4 Å². The molecule has 1 amide bonds. The summed E-state index contributed by atoms with van der Waals surface area (Å²) < 4.78 is 3.90. The molecule has 0 N–H and O–H groups in total. The molecule has 0 spiro atoms. The molecule has 1 aliphatic heterocycles. The Balaban J connectivity index is 2.22. The number of alkyl halides is 1. The van der Waals surface area contributed by atoms with Crippen molar-refractivity contribution in [3.63, 3.8) is 0 Å². The zero-order valence-corrected chi connectivity index (χ0v) is 11.6. The van der Waals surface area contributed by atoms with Gasteiger partial charge in [-0.05, 0) is 30.3 Å². The highest BCUT2D eigenvalue weighted by molar-refractivity contribution is 7.08. The molecule has 0 aromatic carbocycles. The van der Waals surface area contributed by atoms with Gasteiger partial charge >= 0.3 is 0 Å². The van der Waals surface area contributed by atoms with Crippen molar-refractivity contribution >= 4 is 29.0 Å². The summed E-state index contributed by atoms with van der Waals surface area (Å²) >= 11 is 7.08. The van der Waals surface area contributed by atoms with E-state index < -0.39 is 0 Å². The molecule has 0 bridgehead atoms. The molecule has 0 saturated carbocycles. The first-order chi connectivity index (χ1) is 8.15. The third-order valence-electron chi connectivity index (χ3n) is 3.07. The zero-order chi connectivity index (χ0) is 12.4. The first-order valence-electron chi connectivity index (χ1n) is 5.84. The molecule has 1 atom stereocenters. The highest BCUT2D eigenvalue weighted by atomic mass is 35.5. The second kappa shape index (κ2) is 5.31. The first-order valence-corrected chi connectivity index (χ1v) is 7.15. The third-order valence-corrected chi connectivity index (χ3v) is 4.16. The number of aromatic nitrogens is 2. The maximum absolute atomic E-state index is 12.4. The molecule has 0 aliphatic carbocycles. The number of nitrogens with zero attached hydrogens (tertiary/aromatic N) is 3. The highest BCUT2D eigenvalue weighted by Gasteiger charge is 2.31. The molecular formula is C11H16ClN3OS. The molecule has 1 saturated heterocycles. The fourth-order valence-electron chi connectivity index (χ4n) is 2.12. The van der Waals surface area contributed by atoms with Crippen molar-refractivity contribution in [3.8, 4) is 0 Å². The molecule has 1 fully saturated rings. The van der Waals surface area contributed by atoms with Crippen LogP contribution in [0.25, 0.3) is 0 Å². The fourth-order valence-corrected chi connectivity index (χ4v) is 3.21. The van der Waals surface area contributed by atoms with Gasteiger partial charge in [0.15, 0.2) is 0 Å². The lowest BCUT2D eigenvalue weighted by Crippen LogP contribution is -2.36. The summed E-state index contributed by atoms with van der Waals surface area (Å²) in [6.07, 6.45) is 2.03. The normalized spacial score (nSPS) is 20.2. The predicted octanol–water partition coefficient (Wildman–Crippen LogP) is 2.50. The van der Waals surface area contributed by atoms with E-state index in [4.69, 9.17) is 11.6 Å². The summed E-state index contributed by atoms with van der Waals surface area (Å²) in [7, 11) is 0. The van der Waals surface area contributed by atoms with E-state index in [1.165, 1.54) is 11.5 Å². The van der Waals surface area contributed by atoms with Crippen LogP contribution in [0.5, 0.6) is 0 Å². The van der Waals surface area contributed by atoms with Gasteiger partial charge in [0.25, 0.3) is 5.91 Å². The molecule has 6 heteroatoms. The van der Waals surface area contributed by atoms with Crippen LogP contribution in [0.4, 0.5) is 0 Å². The minimum absolute atomic E-state index is 0.0480. The molecule has 0 radical (unpaired) electrons. The van der Waals surface area contributed by atoms with Crippen LogP contribution < -0.4 is 0 Å². The van der Waals surface area contributed by atoms with E-state index in [1.807, 2.05) is 18.7 Å². The molecule has 94 valence electrons. The summed E-state index contributed by atoms with van der Waals surface area (Å²) in [5.41, 5.74) is 0.806. The molecule has 17 heavy (non-hydrogen) atoms. The van der Waals surface area contributed by atoms with Crippen molar-refractivity contribution in [1.82, 2.24) is 14.5 Å². The van der Waals surface area contributed by atoms with E-state index in [2.05, 4.69) is 9.59 Å². The number of carbonyl (C=O) groups excluding carboxylic acids is 1. The Labute approximate surface area is 110 Å². The van der Waals surface area contributed by atoms with Gasteiger partial charge in [0.1, 0.15) is 4.88 Å². The SMILES string of the molecule is CC(C)c1nnsc1C(=O)N1CCCC1CCl. The van der Waals surface area contributed by atoms with Crippen molar-refractivity contribution in [3.05, 3.63) is 10.6 Å². The lowest BCUT2D eigenvalue weighted by atomic mass is 10.1. The maximum atomic E-state index is 12.4. The minimum atomic E-state index is 0.0480. The number of halogens is 1. The fraction of sp³-hybridized carbons (Fsp3) is 0.727. The summed E-state index contributed by atoms with van der Waals surface area (Å²) in [6.45, 7) is 4.85. The van der Waals surface area contributed by atoms with Crippen LogP contribution >= 0.6 is 23.1 Å². The van der Waals surface area contributed by atoms with Crippen LogP contribution in [0.3, 0.4) is 0 Å². The molecule has 1 aromatic rings. The molecule has 4 nitrogen and oxygen atoms in total. The van der Waals surface area contributed by atoms with Gasteiger partial charge < -0.3 is 4.90 Å². The second-order valence-corrected chi connectivity index (χ2v) is 5.65. The standard InChI is InChI=1S/C11H16ClN3OS/c1-7(2)9-10(17-14-13-9)11(16)15-5-3-4-8(15)6-12/h7-8H,3-6H2,1-2H3. The van der Waals surface area contributed by atoms with Crippen LogP contribution in [-0.4, -0.2) is 38.9 Å². The number of hydrogen-bond donors (Lipinski definition) is 0. The van der Waals surface area contributed by atoms with E-state index in [1.54, 1.807) is 0 Å². The van der Waals surface area contributed by atoms with Gasteiger partial charge in [0.2, 0.25) is 0 Å². The van der Waals surface area contributed by atoms with Crippen LogP contribution in [0.15, 0.2) is 0 Å². The Hall–Kier alpha value is -0.680. The monoisotopic (exact) mass is 273 g/mol. The molecule has 2 rings (SSSR count). The van der Waals surface area contributed by atoms with Crippen LogP contribution in [0, 0.1) is 0 Å².